The van der Waals surface area contributed by atoms with E-state index in [0.717, 1.165) is 28.7 Å². The highest BCUT2D eigenvalue weighted by Crippen LogP contribution is 2.19. The number of isothiocyanates is 1. The lowest BCUT2D eigenvalue weighted by Gasteiger charge is -2.15. The molecular weight excluding hydrogens is 346 g/mol. The van der Waals surface area contributed by atoms with E-state index >= 15 is 0 Å². The van der Waals surface area contributed by atoms with E-state index in [1.807, 2.05) is 25.1 Å². The molecule has 0 bridgehead atoms. The van der Waals surface area contributed by atoms with Crippen molar-refractivity contribution in [1.82, 2.24) is 4.98 Å². The number of nitrogens with zero attached hydrogens (tertiary/aromatic N) is 2. The van der Waals surface area contributed by atoms with Gasteiger partial charge in [-0.15, -0.1) is 0 Å². The summed E-state index contributed by atoms with van der Waals surface area (Å²) in [7, 11) is 0. The number of anilines is 1. The topological polar surface area (TPSA) is 37.3 Å². The second-order valence-electron chi connectivity index (χ2n) is 4.60. The van der Waals surface area contributed by atoms with Gasteiger partial charge in [-0.2, -0.15) is 0 Å². The number of thiocarbonyl (C=S) groups is 1. The lowest BCUT2D eigenvalue weighted by molar-refractivity contribution is 0.731. The highest BCUT2D eigenvalue weighted by Gasteiger charge is 2.09. The van der Waals surface area contributed by atoms with Crippen molar-refractivity contribution in [3.05, 3.63) is 58.2 Å². The first-order valence-corrected chi connectivity index (χ1v) is 7.95. The summed E-state index contributed by atoms with van der Waals surface area (Å²) < 4.78 is 1.08. The minimum absolute atomic E-state index is 0.0823. The van der Waals surface area contributed by atoms with Gasteiger partial charge in [-0.25, -0.2) is 9.98 Å². The molecule has 0 saturated heterocycles. The molecule has 108 valence electrons. The van der Waals surface area contributed by atoms with Crippen molar-refractivity contribution in [2.45, 2.75) is 25.9 Å². The van der Waals surface area contributed by atoms with E-state index < -0.39 is 0 Å². The summed E-state index contributed by atoms with van der Waals surface area (Å²) in [6, 6.07) is 12.3. The normalized spacial score (nSPS) is 11.5. The minimum Gasteiger partial charge on any atom is -0.348 e. The Morgan fingerprint density at radius 2 is 2.10 bits per heavy atom. The van der Waals surface area contributed by atoms with Crippen LogP contribution in [0.5, 0.6) is 0 Å². The Morgan fingerprint density at radius 1 is 1.33 bits per heavy atom. The Bertz CT molecular complexity index is 636. The Labute approximate surface area is 138 Å². The zero-order chi connectivity index (χ0) is 15.1. The number of nitrogens with one attached hydrogen (secondary N) is 1. The van der Waals surface area contributed by atoms with Gasteiger partial charge in [0.1, 0.15) is 12.0 Å². The molecule has 3 nitrogen and oxygen atoms in total. The molecule has 21 heavy (non-hydrogen) atoms. The summed E-state index contributed by atoms with van der Waals surface area (Å²) in [5.74, 6) is 0.848. The first kappa shape index (κ1) is 15.8. The summed E-state index contributed by atoms with van der Waals surface area (Å²) in [6.45, 7) is 2.05. The average Bonchev–Trinajstić information content (AvgIpc) is 2.51. The summed E-state index contributed by atoms with van der Waals surface area (Å²) in [4.78, 5) is 8.53. The molecule has 1 atom stereocenters. The van der Waals surface area contributed by atoms with Crippen LogP contribution in [0.15, 0.2) is 52.1 Å². The Hall–Kier alpha value is -1.55. The van der Waals surface area contributed by atoms with E-state index in [0.29, 0.717) is 0 Å². The van der Waals surface area contributed by atoms with Crippen LogP contribution >= 0.6 is 28.1 Å². The third-order valence-corrected chi connectivity index (χ3v) is 3.73. The van der Waals surface area contributed by atoms with E-state index in [-0.39, 0.29) is 6.17 Å². The van der Waals surface area contributed by atoms with Crippen LogP contribution in [0.4, 0.5) is 5.82 Å². The number of hydrogen-bond donors (Lipinski definition) is 1. The fraction of sp³-hybridized carbons (Fsp3) is 0.250. The molecule has 1 N–H and O–H groups in total. The molecule has 1 aromatic heterocycles. The van der Waals surface area contributed by atoms with Gasteiger partial charge in [0.15, 0.2) is 0 Å². The second kappa shape index (κ2) is 8.03. The molecule has 0 saturated carbocycles. The molecule has 0 fully saturated rings. The van der Waals surface area contributed by atoms with Crippen LogP contribution in [-0.2, 0) is 6.42 Å². The summed E-state index contributed by atoms with van der Waals surface area (Å²) in [5, 5.41) is 5.74. The Kier molecular flexibility index (Phi) is 6.05. The zero-order valence-electron chi connectivity index (χ0n) is 11.7. The number of aromatic nitrogens is 1. The molecule has 2 rings (SSSR count). The number of pyridine rings is 1. The van der Waals surface area contributed by atoms with Crippen molar-refractivity contribution in [3.8, 4) is 0 Å². The number of hydrogen-bond acceptors (Lipinski definition) is 4. The maximum absolute atomic E-state index is 4.68. The van der Waals surface area contributed by atoms with E-state index in [1.165, 1.54) is 5.56 Å². The van der Waals surface area contributed by atoms with Crippen molar-refractivity contribution in [2.75, 3.05) is 5.32 Å². The quantitative estimate of drug-likeness (QED) is 0.599. The van der Waals surface area contributed by atoms with Gasteiger partial charge in [0.25, 0.3) is 0 Å². The van der Waals surface area contributed by atoms with Gasteiger partial charge in [0.05, 0.1) is 5.16 Å². The molecular formula is C16H16BrN3S. The number of benzene rings is 1. The molecule has 1 unspecified atom stereocenters. The predicted molar refractivity (Wildman–Crippen MR) is 93.9 cm³/mol. The van der Waals surface area contributed by atoms with E-state index in [9.17, 15) is 0 Å². The second-order valence-corrected chi connectivity index (χ2v) is 5.70. The first-order chi connectivity index (χ1) is 10.2. The number of halogens is 1. The molecule has 0 aliphatic rings. The highest BCUT2D eigenvalue weighted by atomic mass is 79.9. The van der Waals surface area contributed by atoms with Crippen LogP contribution in [0.3, 0.4) is 0 Å². The predicted octanol–water partition coefficient (Wildman–Crippen LogP) is 4.69. The van der Waals surface area contributed by atoms with Gasteiger partial charge < -0.3 is 5.32 Å². The van der Waals surface area contributed by atoms with Crippen LogP contribution in [0, 0.1) is 0 Å². The summed E-state index contributed by atoms with van der Waals surface area (Å²) in [6.07, 6.45) is 3.35. The highest BCUT2D eigenvalue weighted by molar-refractivity contribution is 9.10. The van der Waals surface area contributed by atoms with Crippen molar-refractivity contribution in [2.24, 2.45) is 4.99 Å². The maximum atomic E-state index is 4.68. The van der Waals surface area contributed by atoms with E-state index in [2.05, 4.69) is 66.8 Å². The fourth-order valence-electron chi connectivity index (χ4n) is 1.98. The molecule has 1 heterocycles. The molecule has 0 aliphatic carbocycles. The van der Waals surface area contributed by atoms with Gasteiger partial charge in [0, 0.05) is 17.1 Å². The first-order valence-electron chi connectivity index (χ1n) is 6.74. The van der Waals surface area contributed by atoms with Gasteiger partial charge in [0.2, 0.25) is 0 Å². The lowest BCUT2D eigenvalue weighted by Crippen LogP contribution is -2.17. The molecule has 1 aromatic carbocycles. The third kappa shape index (κ3) is 4.74. The molecule has 0 aliphatic heterocycles. The fourth-order valence-corrected chi connectivity index (χ4v) is 2.37. The average molecular weight is 362 g/mol. The van der Waals surface area contributed by atoms with Gasteiger partial charge >= 0.3 is 0 Å². The van der Waals surface area contributed by atoms with Crippen LogP contribution in [0.2, 0.25) is 0 Å². The molecule has 0 spiro atoms. The van der Waals surface area contributed by atoms with Gasteiger partial charge in [-0.05, 0) is 48.0 Å². The van der Waals surface area contributed by atoms with Crippen LogP contribution in [0.25, 0.3) is 0 Å². The Balaban J connectivity index is 2.20. The van der Waals surface area contributed by atoms with Crippen molar-refractivity contribution in [1.29, 1.82) is 0 Å². The Morgan fingerprint density at radius 3 is 2.76 bits per heavy atom. The maximum Gasteiger partial charge on any atom is 0.131 e. The van der Waals surface area contributed by atoms with Crippen molar-refractivity contribution < 1.29 is 0 Å². The van der Waals surface area contributed by atoms with Crippen LogP contribution in [0.1, 0.15) is 24.5 Å². The smallest absolute Gasteiger partial charge is 0.131 e. The zero-order valence-corrected chi connectivity index (χ0v) is 14.1. The summed E-state index contributed by atoms with van der Waals surface area (Å²) >= 11 is 8.13. The minimum atomic E-state index is -0.0823. The van der Waals surface area contributed by atoms with Crippen LogP contribution < -0.4 is 5.32 Å². The van der Waals surface area contributed by atoms with E-state index in [1.54, 1.807) is 6.20 Å². The molecule has 0 amide bonds. The van der Waals surface area contributed by atoms with Gasteiger partial charge in [-0.1, -0.05) is 41.1 Å². The third-order valence-electron chi connectivity index (χ3n) is 3.10. The number of aliphatic imine (C=N–C) groups is 1. The summed E-state index contributed by atoms with van der Waals surface area (Å²) in [5.41, 5.74) is 2.37. The standard InChI is InChI=1S/C16H16BrN3S/c1-2-15(19-11-21)20-16-13(4-3-9-18-16)10-12-5-7-14(17)8-6-12/h3-9,15H,2,10H2,1H3,(H,18,20). The van der Waals surface area contributed by atoms with Crippen LogP contribution in [-0.4, -0.2) is 16.3 Å². The monoisotopic (exact) mass is 361 g/mol. The van der Waals surface area contributed by atoms with Crippen molar-refractivity contribution in [3.63, 3.8) is 0 Å². The largest absolute Gasteiger partial charge is 0.348 e. The molecule has 2 aromatic rings. The van der Waals surface area contributed by atoms with Gasteiger partial charge in [-0.3, -0.25) is 0 Å². The SMILES string of the molecule is CCC(N=C=S)Nc1ncccc1Cc1ccc(Br)cc1. The van der Waals surface area contributed by atoms with E-state index in [4.69, 9.17) is 0 Å². The lowest BCUT2D eigenvalue weighted by atomic mass is 10.1. The number of rotatable bonds is 6. The molecule has 5 heteroatoms. The van der Waals surface area contributed by atoms with Crippen molar-refractivity contribution >= 4 is 39.1 Å². The molecule has 0 radical (unpaired) electrons.